The Kier molecular flexibility index (Phi) is 5.21. The molecule has 0 radical (unpaired) electrons. The lowest BCUT2D eigenvalue weighted by Crippen LogP contribution is -2.41. The van der Waals surface area contributed by atoms with Gasteiger partial charge in [0.1, 0.15) is 11.5 Å². The zero-order valence-corrected chi connectivity index (χ0v) is 16.2. The molecule has 154 valence electrons. The van der Waals surface area contributed by atoms with E-state index >= 15 is 0 Å². The third-order valence-corrected chi connectivity index (χ3v) is 5.07. The van der Waals surface area contributed by atoms with E-state index in [4.69, 9.17) is 9.31 Å². The summed E-state index contributed by atoms with van der Waals surface area (Å²) in [6, 6.07) is 5.57. The van der Waals surface area contributed by atoms with E-state index in [1.165, 1.54) is 12.1 Å². The zero-order valence-electron chi connectivity index (χ0n) is 16.2. The maximum absolute atomic E-state index is 14.4. The first-order valence-electron chi connectivity index (χ1n) is 8.80. The Balaban J connectivity index is 1.83. The highest BCUT2D eigenvalue weighted by atomic mass is 19.4. The largest absolute Gasteiger partial charge is 0.497 e. The Morgan fingerprint density at radius 1 is 1.07 bits per heavy atom. The molecule has 0 atom stereocenters. The van der Waals surface area contributed by atoms with E-state index in [1.807, 2.05) is 27.7 Å². The van der Waals surface area contributed by atoms with Crippen molar-refractivity contribution in [3.05, 3.63) is 53.6 Å². The molecule has 0 aliphatic carbocycles. The Labute approximate surface area is 165 Å². The van der Waals surface area contributed by atoms with Gasteiger partial charge in [-0.15, -0.1) is 0 Å². The quantitative estimate of drug-likeness (QED) is 0.618. The Morgan fingerprint density at radius 2 is 1.69 bits per heavy atom. The Bertz CT molecular complexity index is 931. The molecule has 1 N–H and O–H groups in total. The van der Waals surface area contributed by atoms with Gasteiger partial charge in [-0.05, 0) is 58.0 Å². The first-order chi connectivity index (χ1) is 13.3. The van der Waals surface area contributed by atoms with Crippen LogP contribution in [0.3, 0.4) is 0 Å². The summed E-state index contributed by atoms with van der Waals surface area (Å²) >= 11 is 0. The van der Waals surface area contributed by atoms with E-state index in [0.29, 0.717) is 6.07 Å². The average Bonchev–Trinajstić information content (AvgIpc) is 2.83. The van der Waals surface area contributed by atoms with Crippen LogP contribution in [0.4, 0.5) is 23.2 Å². The molecule has 1 aromatic carbocycles. The normalized spacial score (nSPS) is 18.0. The molecule has 5 nitrogen and oxygen atoms in total. The standard InChI is InChI=1S/C19H19BF4N2O3/c1-17(2)18(3,4)29-20(28-17)13-10-12(5-6-14(13)21)26-16(27)11-7-8-25-15(9-11)19(22,23)24/h5-10H,1-4H3,(H,26,27). The first kappa shape index (κ1) is 21.3. The highest BCUT2D eigenvalue weighted by Crippen LogP contribution is 2.36. The molecule has 2 heterocycles. The van der Waals surface area contributed by atoms with E-state index in [0.717, 1.165) is 18.3 Å². The first-order valence-corrected chi connectivity index (χ1v) is 8.80. The monoisotopic (exact) mass is 410 g/mol. The number of alkyl halides is 3. The van der Waals surface area contributed by atoms with Gasteiger partial charge in [0.05, 0.1) is 11.2 Å². The lowest BCUT2D eigenvalue weighted by molar-refractivity contribution is -0.141. The molecule has 0 bridgehead atoms. The molecule has 0 spiro atoms. The highest BCUT2D eigenvalue weighted by Gasteiger charge is 2.52. The van der Waals surface area contributed by atoms with Gasteiger partial charge in [0.2, 0.25) is 0 Å². The molecule has 1 aliphatic rings. The minimum absolute atomic E-state index is 0.0761. The summed E-state index contributed by atoms with van der Waals surface area (Å²) in [6.45, 7) is 7.27. The zero-order chi connectivity index (χ0) is 21.6. The molecule has 2 aromatic rings. The molecule has 0 saturated carbocycles. The van der Waals surface area contributed by atoms with Gasteiger partial charge in [0.15, 0.2) is 0 Å². The summed E-state index contributed by atoms with van der Waals surface area (Å²) in [5, 5.41) is 2.46. The van der Waals surface area contributed by atoms with Crippen LogP contribution < -0.4 is 10.8 Å². The predicted molar refractivity (Wildman–Crippen MR) is 99.3 cm³/mol. The van der Waals surface area contributed by atoms with Crippen LogP contribution >= 0.6 is 0 Å². The second-order valence-electron chi connectivity index (χ2n) is 7.71. The van der Waals surface area contributed by atoms with Crippen LogP contribution in [0.1, 0.15) is 43.7 Å². The van der Waals surface area contributed by atoms with Crippen molar-refractivity contribution < 1.29 is 31.7 Å². The van der Waals surface area contributed by atoms with Crippen molar-refractivity contribution in [1.82, 2.24) is 4.98 Å². The fraction of sp³-hybridized carbons (Fsp3) is 0.368. The number of aromatic nitrogens is 1. The molecule has 29 heavy (non-hydrogen) atoms. The van der Waals surface area contributed by atoms with E-state index in [-0.39, 0.29) is 16.7 Å². The van der Waals surface area contributed by atoms with Crippen LogP contribution in [0.2, 0.25) is 0 Å². The molecular formula is C19H19BF4N2O3. The van der Waals surface area contributed by atoms with Gasteiger partial charge in [-0.2, -0.15) is 13.2 Å². The van der Waals surface area contributed by atoms with Crippen molar-refractivity contribution >= 4 is 24.2 Å². The summed E-state index contributed by atoms with van der Waals surface area (Å²) in [4.78, 5) is 15.6. The van der Waals surface area contributed by atoms with Gasteiger partial charge in [-0.3, -0.25) is 9.78 Å². The molecule has 1 fully saturated rings. The molecule has 1 aliphatic heterocycles. The number of benzene rings is 1. The summed E-state index contributed by atoms with van der Waals surface area (Å²) in [6.07, 6.45) is -3.77. The van der Waals surface area contributed by atoms with Gasteiger partial charge >= 0.3 is 13.3 Å². The second kappa shape index (κ2) is 7.10. The number of amides is 1. The van der Waals surface area contributed by atoms with Crippen molar-refractivity contribution in [1.29, 1.82) is 0 Å². The number of nitrogens with zero attached hydrogens (tertiary/aromatic N) is 1. The van der Waals surface area contributed by atoms with Gasteiger partial charge < -0.3 is 14.6 Å². The third-order valence-electron chi connectivity index (χ3n) is 5.07. The molecule has 1 saturated heterocycles. The smallest absolute Gasteiger partial charge is 0.399 e. The van der Waals surface area contributed by atoms with Crippen molar-refractivity contribution in [2.75, 3.05) is 5.32 Å². The minimum atomic E-state index is -4.67. The van der Waals surface area contributed by atoms with Crippen molar-refractivity contribution in [3.8, 4) is 0 Å². The number of carbonyl (C=O) groups excluding carboxylic acids is 1. The van der Waals surface area contributed by atoms with Crippen LogP contribution in [0.5, 0.6) is 0 Å². The summed E-state index contributed by atoms with van der Waals surface area (Å²) in [5.74, 6) is -1.38. The number of nitrogens with one attached hydrogen (secondary N) is 1. The molecular weight excluding hydrogens is 391 g/mol. The SMILES string of the molecule is CC1(C)OB(c2cc(NC(=O)c3ccnc(C(F)(F)F)c3)ccc2F)OC1(C)C. The lowest BCUT2D eigenvalue weighted by Gasteiger charge is -2.32. The lowest BCUT2D eigenvalue weighted by atomic mass is 9.78. The van der Waals surface area contributed by atoms with E-state index in [9.17, 15) is 22.4 Å². The number of rotatable bonds is 3. The van der Waals surface area contributed by atoms with Crippen molar-refractivity contribution in [3.63, 3.8) is 0 Å². The van der Waals surface area contributed by atoms with Crippen molar-refractivity contribution in [2.24, 2.45) is 0 Å². The van der Waals surface area contributed by atoms with E-state index in [1.54, 1.807) is 0 Å². The van der Waals surface area contributed by atoms with Gasteiger partial charge in [-0.25, -0.2) is 4.39 Å². The number of pyridine rings is 1. The van der Waals surface area contributed by atoms with Gasteiger partial charge in [0.25, 0.3) is 5.91 Å². The van der Waals surface area contributed by atoms with Crippen LogP contribution in [0.25, 0.3) is 0 Å². The average molecular weight is 410 g/mol. The summed E-state index contributed by atoms with van der Waals surface area (Å²) < 4.78 is 64.4. The van der Waals surface area contributed by atoms with E-state index in [2.05, 4.69) is 10.3 Å². The molecule has 1 aromatic heterocycles. The second-order valence-corrected chi connectivity index (χ2v) is 7.71. The predicted octanol–water partition coefficient (Wildman–Crippen LogP) is 3.79. The summed E-state index contributed by atoms with van der Waals surface area (Å²) in [7, 11) is -0.991. The molecule has 10 heteroatoms. The Morgan fingerprint density at radius 3 is 2.28 bits per heavy atom. The molecule has 0 unspecified atom stereocenters. The topological polar surface area (TPSA) is 60.5 Å². The Hall–Kier alpha value is -2.46. The van der Waals surface area contributed by atoms with Gasteiger partial charge in [0, 0.05) is 22.9 Å². The number of hydrogen-bond acceptors (Lipinski definition) is 4. The summed E-state index contributed by atoms with van der Waals surface area (Å²) in [5.41, 5.74) is -2.52. The van der Waals surface area contributed by atoms with Crippen molar-refractivity contribution in [2.45, 2.75) is 45.1 Å². The van der Waals surface area contributed by atoms with Crippen LogP contribution in [0.15, 0.2) is 36.5 Å². The van der Waals surface area contributed by atoms with Crippen LogP contribution in [-0.4, -0.2) is 29.2 Å². The van der Waals surface area contributed by atoms with Gasteiger partial charge in [-0.1, -0.05) is 0 Å². The maximum atomic E-state index is 14.4. The number of halogens is 4. The number of anilines is 1. The van der Waals surface area contributed by atoms with Crippen LogP contribution in [0, 0.1) is 5.82 Å². The fourth-order valence-electron chi connectivity index (χ4n) is 2.70. The minimum Gasteiger partial charge on any atom is -0.399 e. The molecule has 1 amide bonds. The fourth-order valence-corrected chi connectivity index (χ4v) is 2.70. The highest BCUT2D eigenvalue weighted by molar-refractivity contribution is 6.62. The van der Waals surface area contributed by atoms with Crippen LogP contribution in [-0.2, 0) is 15.5 Å². The molecule has 3 rings (SSSR count). The number of carbonyl (C=O) groups is 1. The third kappa shape index (κ3) is 4.28. The number of hydrogen-bond donors (Lipinski definition) is 1. The maximum Gasteiger partial charge on any atom is 0.497 e. The van der Waals surface area contributed by atoms with E-state index < -0.39 is 41.9 Å².